The number of hydrogen-bond donors (Lipinski definition) is 2. The van der Waals surface area contributed by atoms with E-state index in [1.165, 1.54) is 31.4 Å². The van der Waals surface area contributed by atoms with Gasteiger partial charge in [0.15, 0.2) is 0 Å². The van der Waals surface area contributed by atoms with E-state index in [4.69, 9.17) is 16.0 Å². The lowest BCUT2D eigenvalue weighted by atomic mass is 9.99. The van der Waals surface area contributed by atoms with E-state index in [9.17, 15) is 0 Å². The van der Waals surface area contributed by atoms with Gasteiger partial charge in [-0.2, -0.15) is 0 Å². The predicted molar refractivity (Wildman–Crippen MR) is 101 cm³/mol. The molecule has 3 aliphatic heterocycles. The highest BCUT2D eigenvalue weighted by Gasteiger charge is 2.26. The van der Waals surface area contributed by atoms with E-state index >= 15 is 0 Å². The van der Waals surface area contributed by atoms with Gasteiger partial charge in [0, 0.05) is 56.0 Å². The maximum atomic E-state index is 8.57. The maximum absolute atomic E-state index is 8.57. The first-order valence-corrected chi connectivity index (χ1v) is 9.42. The van der Waals surface area contributed by atoms with Gasteiger partial charge in [-0.3, -0.25) is 5.41 Å². The number of oxime groups is 1. The number of nitrogens with zero attached hydrogens (tertiary/aromatic N) is 3. The van der Waals surface area contributed by atoms with Crippen LogP contribution in [0.4, 0.5) is 5.69 Å². The van der Waals surface area contributed by atoms with Crippen molar-refractivity contribution in [3.8, 4) is 0 Å². The maximum Gasteiger partial charge on any atom is 0.145 e. The third kappa shape index (κ3) is 3.23. The number of amidine groups is 1. The van der Waals surface area contributed by atoms with E-state index in [1.54, 1.807) is 0 Å². The summed E-state index contributed by atoms with van der Waals surface area (Å²) in [5.74, 6) is 0.647. The second kappa shape index (κ2) is 7.04. The average molecular weight is 341 g/mol. The first kappa shape index (κ1) is 16.4. The van der Waals surface area contributed by atoms with Crippen LogP contribution in [0.15, 0.2) is 23.4 Å². The number of likely N-dealkylation sites (tertiary alicyclic amines) is 1. The number of nitrogens with two attached hydrogens (primary N) is 1. The molecular weight excluding hydrogens is 314 g/mol. The fourth-order valence-corrected chi connectivity index (χ4v) is 3.98. The van der Waals surface area contributed by atoms with Gasteiger partial charge in [0.2, 0.25) is 0 Å². The van der Waals surface area contributed by atoms with E-state index in [1.807, 2.05) is 0 Å². The summed E-state index contributed by atoms with van der Waals surface area (Å²) in [6, 6.07) is 6.36. The molecule has 1 unspecified atom stereocenters. The summed E-state index contributed by atoms with van der Waals surface area (Å²) in [5.41, 5.74) is 10.0. The third-order valence-corrected chi connectivity index (χ3v) is 5.45. The SMILES string of the molecule is N=C(c1ccc(C2=NOC(CN)C2)c(N2CCCC2)c1)N1CCCC1. The van der Waals surface area contributed by atoms with Crippen molar-refractivity contribution in [2.24, 2.45) is 10.9 Å². The van der Waals surface area contributed by atoms with Crippen LogP contribution < -0.4 is 10.6 Å². The van der Waals surface area contributed by atoms with E-state index in [-0.39, 0.29) is 6.10 Å². The molecule has 134 valence electrons. The highest BCUT2D eigenvalue weighted by Crippen LogP contribution is 2.30. The Kier molecular flexibility index (Phi) is 4.61. The zero-order valence-corrected chi connectivity index (χ0v) is 14.7. The molecule has 0 aliphatic carbocycles. The van der Waals surface area contributed by atoms with Crippen molar-refractivity contribution < 1.29 is 4.84 Å². The van der Waals surface area contributed by atoms with Crippen LogP contribution in [0.3, 0.4) is 0 Å². The Bertz CT molecular complexity index is 674. The Morgan fingerprint density at radius 1 is 1.16 bits per heavy atom. The summed E-state index contributed by atoms with van der Waals surface area (Å²) in [6.07, 6.45) is 5.58. The molecule has 0 spiro atoms. The topological polar surface area (TPSA) is 77.9 Å². The summed E-state index contributed by atoms with van der Waals surface area (Å²) in [6.45, 7) is 4.63. The Labute approximate surface area is 149 Å². The Balaban J connectivity index is 1.65. The molecule has 25 heavy (non-hydrogen) atoms. The number of nitrogens with one attached hydrogen (secondary N) is 1. The van der Waals surface area contributed by atoms with Gasteiger partial charge in [0.1, 0.15) is 11.9 Å². The lowest BCUT2D eigenvalue weighted by Gasteiger charge is -2.24. The van der Waals surface area contributed by atoms with Gasteiger partial charge in [-0.1, -0.05) is 17.3 Å². The van der Waals surface area contributed by atoms with Gasteiger partial charge < -0.3 is 20.4 Å². The first-order valence-electron chi connectivity index (χ1n) is 9.42. The molecule has 2 saturated heterocycles. The Morgan fingerprint density at radius 3 is 2.56 bits per heavy atom. The average Bonchev–Trinajstić information content (AvgIpc) is 3.43. The molecular formula is C19H27N5O. The minimum atomic E-state index is -0.0102. The molecule has 6 heteroatoms. The molecule has 3 heterocycles. The fourth-order valence-electron chi connectivity index (χ4n) is 3.98. The number of hydrogen-bond acceptors (Lipinski definition) is 5. The van der Waals surface area contributed by atoms with Crippen LogP contribution in [0, 0.1) is 5.41 Å². The van der Waals surface area contributed by atoms with Crippen molar-refractivity contribution in [2.45, 2.75) is 38.2 Å². The quantitative estimate of drug-likeness (QED) is 0.650. The van der Waals surface area contributed by atoms with E-state index in [0.29, 0.717) is 12.4 Å². The molecule has 0 radical (unpaired) electrons. The van der Waals surface area contributed by atoms with Crippen LogP contribution >= 0.6 is 0 Å². The molecule has 0 saturated carbocycles. The zero-order valence-electron chi connectivity index (χ0n) is 14.7. The van der Waals surface area contributed by atoms with Gasteiger partial charge in [0.05, 0.1) is 5.71 Å². The van der Waals surface area contributed by atoms with Crippen molar-refractivity contribution in [1.29, 1.82) is 5.41 Å². The first-order chi connectivity index (χ1) is 12.3. The lowest BCUT2D eigenvalue weighted by Crippen LogP contribution is -2.28. The van der Waals surface area contributed by atoms with Crippen LogP contribution in [-0.4, -0.2) is 55.3 Å². The normalized spacial score (nSPS) is 23.1. The molecule has 0 aromatic heterocycles. The molecule has 1 atom stereocenters. The van der Waals surface area contributed by atoms with Gasteiger partial charge >= 0.3 is 0 Å². The second-order valence-electron chi connectivity index (χ2n) is 7.17. The summed E-state index contributed by atoms with van der Waals surface area (Å²) in [7, 11) is 0. The van der Waals surface area contributed by atoms with Gasteiger partial charge in [-0.15, -0.1) is 0 Å². The van der Waals surface area contributed by atoms with Gasteiger partial charge in [-0.25, -0.2) is 0 Å². The van der Waals surface area contributed by atoms with Crippen molar-refractivity contribution >= 4 is 17.2 Å². The monoisotopic (exact) mass is 341 g/mol. The Hall–Kier alpha value is -2.08. The minimum Gasteiger partial charge on any atom is -0.390 e. The smallest absolute Gasteiger partial charge is 0.145 e. The van der Waals surface area contributed by atoms with E-state index in [2.05, 4.69) is 33.2 Å². The molecule has 1 aromatic carbocycles. The Morgan fingerprint density at radius 2 is 1.88 bits per heavy atom. The van der Waals surface area contributed by atoms with Gasteiger partial charge in [0.25, 0.3) is 0 Å². The van der Waals surface area contributed by atoms with Crippen molar-refractivity contribution in [1.82, 2.24) is 4.90 Å². The number of anilines is 1. The zero-order chi connectivity index (χ0) is 17.2. The number of rotatable bonds is 4. The standard InChI is InChI=1S/C19H27N5O/c20-13-15-12-17(22-25-15)16-6-5-14(19(21)24-9-3-4-10-24)11-18(16)23-7-1-2-8-23/h5-6,11,15,21H,1-4,7-10,12-13,20H2. The minimum absolute atomic E-state index is 0.0102. The van der Waals surface area contributed by atoms with Crippen molar-refractivity contribution in [2.75, 3.05) is 37.6 Å². The van der Waals surface area contributed by atoms with E-state index < -0.39 is 0 Å². The van der Waals surface area contributed by atoms with Crippen LogP contribution in [0.25, 0.3) is 0 Å². The van der Waals surface area contributed by atoms with Gasteiger partial charge in [-0.05, 0) is 31.7 Å². The highest BCUT2D eigenvalue weighted by atomic mass is 16.6. The van der Waals surface area contributed by atoms with Crippen molar-refractivity contribution in [3.05, 3.63) is 29.3 Å². The lowest BCUT2D eigenvalue weighted by molar-refractivity contribution is 0.0918. The second-order valence-corrected chi connectivity index (χ2v) is 7.17. The molecule has 3 aliphatic rings. The van der Waals surface area contributed by atoms with Crippen LogP contribution in [0.2, 0.25) is 0 Å². The summed E-state index contributed by atoms with van der Waals surface area (Å²) >= 11 is 0. The van der Waals surface area contributed by atoms with Crippen LogP contribution in [-0.2, 0) is 4.84 Å². The van der Waals surface area contributed by atoms with Crippen molar-refractivity contribution in [3.63, 3.8) is 0 Å². The molecule has 0 amide bonds. The fraction of sp³-hybridized carbons (Fsp3) is 0.579. The summed E-state index contributed by atoms with van der Waals surface area (Å²) in [5, 5.41) is 12.9. The third-order valence-electron chi connectivity index (χ3n) is 5.45. The van der Waals surface area contributed by atoms with E-state index in [0.717, 1.165) is 49.4 Å². The molecule has 0 bridgehead atoms. The molecule has 6 nitrogen and oxygen atoms in total. The van der Waals surface area contributed by atoms with Crippen LogP contribution in [0.1, 0.15) is 43.2 Å². The summed E-state index contributed by atoms with van der Waals surface area (Å²) in [4.78, 5) is 10.0. The highest BCUT2D eigenvalue weighted by molar-refractivity contribution is 6.07. The summed E-state index contributed by atoms with van der Waals surface area (Å²) < 4.78 is 0. The number of benzene rings is 1. The molecule has 1 aromatic rings. The molecule has 3 N–H and O–H groups in total. The molecule has 2 fully saturated rings. The largest absolute Gasteiger partial charge is 0.390 e. The molecule has 4 rings (SSSR count). The predicted octanol–water partition coefficient (Wildman–Crippen LogP) is 2.16. The van der Waals surface area contributed by atoms with Crippen LogP contribution in [0.5, 0.6) is 0 Å².